The fraction of sp³-hybridized carbons (Fsp3) is 0.190. The van der Waals surface area contributed by atoms with Crippen LogP contribution in [-0.2, 0) is 9.53 Å². The molecule has 2 aromatic carbocycles. The molecule has 2 aromatic rings. The van der Waals surface area contributed by atoms with Crippen LogP contribution in [0.15, 0.2) is 59.9 Å². The number of Topliss-reactive ketones (excluding diaryl/α,β-unsaturated/α-hetero) is 2. The normalized spacial score (nSPS) is 19.0. The van der Waals surface area contributed by atoms with Gasteiger partial charge in [-0.25, -0.2) is 0 Å². The Hall–Kier alpha value is -3.21. The number of carbonyl (C=O) groups is 3. The summed E-state index contributed by atoms with van der Waals surface area (Å²) in [6.45, 7) is 2.44. The van der Waals surface area contributed by atoms with Gasteiger partial charge in [0.2, 0.25) is 5.78 Å². The number of hydrogen-bond acceptors (Lipinski definition) is 5. The van der Waals surface area contributed by atoms with E-state index in [0.29, 0.717) is 17.9 Å². The van der Waals surface area contributed by atoms with Gasteiger partial charge in [0.25, 0.3) is 0 Å². The summed E-state index contributed by atoms with van der Waals surface area (Å²) < 4.78 is 10.6. The minimum atomic E-state index is -0.511. The number of ketones is 2. The Morgan fingerprint density at radius 3 is 2.27 bits per heavy atom. The monoisotopic (exact) mass is 348 g/mol. The molecular weight excluding hydrogens is 332 g/mol. The average Bonchev–Trinajstić information content (AvgIpc) is 2.66. The molecule has 5 nitrogen and oxygen atoms in total. The molecule has 2 aliphatic rings. The van der Waals surface area contributed by atoms with Crippen molar-refractivity contribution < 1.29 is 23.9 Å². The van der Waals surface area contributed by atoms with E-state index in [0.717, 1.165) is 5.56 Å². The molecule has 1 atom stereocenters. The van der Waals surface area contributed by atoms with Gasteiger partial charge in [0, 0.05) is 17.0 Å². The quantitative estimate of drug-likeness (QED) is 0.795. The van der Waals surface area contributed by atoms with E-state index in [1.807, 2.05) is 19.1 Å². The van der Waals surface area contributed by atoms with Crippen LogP contribution in [0.3, 0.4) is 0 Å². The Balaban J connectivity index is 1.81. The second-order valence-corrected chi connectivity index (χ2v) is 6.18. The van der Waals surface area contributed by atoms with Gasteiger partial charge in [0.1, 0.15) is 5.75 Å². The van der Waals surface area contributed by atoms with Gasteiger partial charge in [0.05, 0.1) is 18.6 Å². The molecule has 1 aliphatic heterocycles. The van der Waals surface area contributed by atoms with E-state index in [1.165, 1.54) is 0 Å². The zero-order chi connectivity index (χ0) is 18.3. The van der Waals surface area contributed by atoms with Gasteiger partial charge >= 0.3 is 5.97 Å². The zero-order valence-corrected chi connectivity index (χ0v) is 14.2. The number of esters is 1. The van der Waals surface area contributed by atoms with Crippen molar-refractivity contribution in [1.29, 1.82) is 0 Å². The van der Waals surface area contributed by atoms with Crippen LogP contribution in [0.25, 0.3) is 0 Å². The van der Waals surface area contributed by atoms with Crippen LogP contribution in [0.1, 0.15) is 45.5 Å². The molecule has 1 unspecified atom stereocenters. The number of benzene rings is 2. The number of rotatable bonds is 3. The highest BCUT2D eigenvalue weighted by atomic mass is 16.5. The van der Waals surface area contributed by atoms with Gasteiger partial charge in [-0.1, -0.05) is 36.4 Å². The minimum absolute atomic E-state index is 0.0218. The summed E-state index contributed by atoms with van der Waals surface area (Å²) >= 11 is 0. The topological polar surface area (TPSA) is 69.7 Å². The van der Waals surface area contributed by atoms with Crippen molar-refractivity contribution in [3.8, 4) is 5.75 Å². The number of allylic oxidation sites excluding steroid dienone is 2. The molecular formula is C21H16O5. The second-order valence-electron chi connectivity index (χ2n) is 6.18. The molecule has 5 heteroatoms. The van der Waals surface area contributed by atoms with E-state index in [2.05, 4.69) is 0 Å². The number of carbonyl (C=O) groups excluding carboxylic acids is 3. The fourth-order valence-corrected chi connectivity index (χ4v) is 3.46. The molecule has 1 heterocycles. The number of fused-ring (bicyclic) bond motifs is 1. The highest BCUT2D eigenvalue weighted by Crippen LogP contribution is 2.41. The van der Waals surface area contributed by atoms with Gasteiger partial charge in [-0.2, -0.15) is 0 Å². The SMILES string of the molecule is CCOc1ccc(C2CC(=O)OC3=C2C(=O)c2ccccc2C3=O)cc1. The van der Waals surface area contributed by atoms with Crippen molar-refractivity contribution in [3.05, 3.63) is 76.6 Å². The molecule has 0 saturated carbocycles. The Bertz CT molecular complexity index is 953. The lowest BCUT2D eigenvalue weighted by Gasteiger charge is -2.30. The first-order chi connectivity index (χ1) is 12.6. The Morgan fingerprint density at radius 2 is 1.62 bits per heavy atom. The van der Waals surface area contributed by atoms with E-state index in [-0.39, 0.29) is 29.1 Å². The predicted octanol–water partition coefficient (Wildman–Crippen LogP) is 3.45. The van der Waals surface area contributed by atoms with Crippen molar-refractivity contribution in [2.45, 2.75) is 19.3 Å². The molecule has 0 fully saturated rings. The first-order valence-electron chi connectivity index (χ1n) is 8.46. The predicted molar refractivity (Wildman–Crippen MR) is 93.2 cm³/mol. The summed E-state index contributed by atoms with van der Waals surface area (Å²) in [6.07, 6.45) is 0.0218. The zero-order valence-electron chi connectivity index (χ0n) is 14.2. The van der Waals surface area contributed by atoms with Gasteiger partial charge in [-0.05, 0) is 24.6 Å². The van der Waals surface area contributed by atoms with E-state index < -0.39 is 17.7 Å². The van der Waals surface area contributed by atoms with Crippen LogP contribution in [0.5, 0.6) is 5.75 Å². The van der Waals surface area contributed by atoms with Crippen LogP contribution < -0.4 is 4.74 Å². The third-order valence-corrected chi connectivity index (χ3v) is 4.64. The van der Waals surface area contributed by atoms with Gasteiger partial charge in [-0.3, -0.25) is 14.4 Å². The minimum Gasteiger partial charge on any atom is -0.494 e. The molecule has 0 bridgehead atoms. The van der Waals surface area contributed by atoms with Crippen LogP contribution >= 0.6 is 0 Å². The largest absolute Gasteiger partial charge is 0.494 e. The van der Waals surface area contributed by atoms with E-state index in [9.17, 15) is 14.4 Å². The maximum atomic E-state index is 13.0. The van der Waals surface area contributed by atoms with Crippen molar-refractivity contribution >= 4 is 17.5 Å². The molecule has 0 N–H and O–H groups in total. The molecule has 0 amide bonds. The smallest absolute Gasteiger partial charge is 0.312 e. The Morgan fingerprint density at radius 1 is 0.962 bits per heavy atom. The maximum Gasteiger partial charge on any atom is 0.312 e. The Kier molecular flexibility index (Phi) is 3.92. The summed E-state index contributed by atoms with van der Waals surface area (Å²) in [6, 6.07) is 13.8. The van der Waals surface area contributed by atoms with Crippen LogP contribution in [0, 0.1) is 0 Å². The molecule has 1 aliphatic carbocycles. The van der Waals surface area contributed by atoms with E-state index >= 15 is 0 Å². The summed E-state index contributed by atoms with van der Waals surface area (Å²) in [7, 11) is 0. The average molecular weight is 348 g/mol. The summed E-state index contributed by atoms with van der Waals surface area (Å²) in [5, 5.41) is 0. The first-order valence-corrected chi connectivity index (χ1v) is 8.46. The van der Waals surface area contributed by atoms with Gasteiger partial charge in [-0.15, -0.1) is 0 Å². The number of ether oxygens (including phenoxy) is 2. The lowest BCUT2D eigenvalue weighted by atomic mass is 9.77. The number of hydrogen-bond donors (Lipinski definition) is 0. The van der Waals surface area contributed by atoms with E-state index in [1.54, 1.807) is 36.4 Å². The molecule has 4 rings (SSSR count). The molecule has 26 heavy (non-hydrogen) atoms. The highest BCUT2D eigenvalue weighted by Gasteiger charge is 2.42. The van der Waals surface area contributed by atoms with Crippen molar-refractivity contribution in [1.82, 2.24) is 0 Å². The molecule has 130 valence electrons. The van der Waals surface area contributed by atoms with Crippen molar-refractivity contribution in [2.24, 2.45) is 0 Å². The van der Waals surface area contributed by atoms with Crippen LogP contribution in [0.2, 0.25) is 0 Å². The molecule has 0 aromatic heterocycles. The molecule has 0 saturated heterocycles. The fourth-order valence-electron chi connectivity index (χ4n) is 3.46. The van der Waals surface area contributed by atoms with Crippen molar-refractivity contribution in [2.75, 3.05) is 6.61 Å². The molecule has 0 spiro atoms. The van der Waals surface area contributed by atoms with Crippen LogP contribution in [-0.4, -0.2) is 24.1 Å². The standard InChI is InChI=1S/C21H16O5/c1-2-25-13-9-7-12(8-10-13)16-11-17(22)26-21-18(16)19(23)14-5-3-4-6-15(14)20(21)24/h3-10,16H,2,11H2,1H3. The third-order valence-electron chi connectivity index (χ3n) is 4.64. The third kappa shape index (κ3) is 2.52. The van der Waals surface area contributed by atoms with Crippen LogP contribution in [0.4, 0.5) is 0 Å². The lowest BCUT2D eigenvalue weighted by molar-refractivity contribution is -0.140. The first kappa shape index (κ1) is 16.3. The van der Waals surface area contributed by atoms with Gasteiger partial charge in [0.15, 0.2) is 11.5 Å². The van der Waals surface area contributed by atoms with Crippen molar-refractivity contribution in [3.63, 3.8) is 0 Å². The lowest BCUT2D eigenvalue weighted by Crippen LogP contribution is -2.32. The summed E-state index contributed by atoms with van der Waals surface area (Å²) in [5.41, 5.74) is 1.66. The van der Waals surface area contributed by atoms with Gasteiger partial charge < -0.3 is 9.47 Å². The Labute approximate surface area is 150 Å². The maximum absolute atomic E-state index is 13.0. The molecule has 0 radical (unpaired) electrons. The summed E-state index contributed by atoms with van der Waals surface area (Å²) in [4.78, 5) is 37.9. The second kappa shape index (κ2) is 6.26. The van der Waals surface area contributed by atoms with E-state index in [4.69, 9.17) is 9.47 Å². The summed E-state index contributed by atoms with van der Waals surface area (Å²) in [5.74, 6) is -1.13. The highest BCUT2D eigenvalue weighted by molar-refractivity contribution is 6.27.